The minimum Gasteiger partial charge on any atom is -0.378 e. The van der Waals surface area contributed by atoms with Gasteiger partial charge in [-0.1, -0.05) is 0 Å². The van der Waals surface area contributed by atoms with Crippen LogP contribution in [0.5, 0.6) is 0 Å². The lowest BCUT2D eigenvalue weighted by molar-refractivity contribution is -0.0159. The Labute approximate surface area is 89.2 Å². The molecule has 1 aromatic heterocycles. The van der Waals surface area contributed by atoms with Gasteiger partial charge in [-0.15, -0.1) is 0 Å². The molecule has 5 heteroatoms. The normalized spacial score (nSPS) is 25.9. The predicted octanol–water partition coefficient (Wildman–Crippen LogP) is 0.305. The zero-order valence-corrected chi connectivity index (χ0v) is 8.95. The Balaban J connectivity index is 1.77. The molecule has 0 saturated carbocycles. The van der Waals surface area contributed by atoms with E-state index in [0.29, 0.717) is 6.61 Å². The van der Waals surface area contributed by atoms with Crippen molar-refractivity contribution in [3.63, 3.8) is 0 Å². The van der Waals surface area contributed by atoms with E-state index in [9.17, 15) is 0 Å². The maximum Gasteiger partial charge on any atom is 0.106 e. The topological polar surface area (TPSA) is 59.2 Å². The second kappa shape index (κ2) is 4.74. The molecular weight excluding hydrogens is 194 g/mol. The molecule has 0 radical (unpaired) electrons. The van der Waals surface area contributed by atoms with Gasteiger partial charge in [0, 0.05) is 45.1 Å². The zero-order valence-electron chi connectivity index (χ0n) is 8.95. The molecule has 1 aliphatic rings. The standard InChI is InChI=1S/C10H17N3O2/c1-14-10(2-3-15-7-10)6-11-4-9-5-12-8-13-9/h5,8,11H,2-4,6-7H2,1H3,(H,12,13). The fourth-order valence-electron chi connectivity index (χ4n) is 1.77. The van der Waals surface area contributed by atoms with Crippen LogP contribution >= 0.6 is 0 Å². The summed E-state index contributed by atoms with van der Waals surface area (Å²) in [6.07, 6.45) is 4.46. The van der Waals surface area contributed by atoms with Crippen LogP contribution in [0.1, 0.15) is 12.1 Å². The number of aromatic amines is 1. The molecule has 2 heterocycles. The third-order valence-electron chi connectivity index (χ3n) is 2.82. The third kappa shape index (κ3) is 2.56. The van der Waals surface area contributed by atoms with Crippen molar-refractivity contribution in [1.82, 2.24) is 15.3 Å². The second-order valence-electron chi connectivity index (χ2n) is 3.87. The summed E-state index contributed by atoms with van der Waals surface area (Å²) in [5.74, 6) is 0. The highest BCUT2D eigenvalue weighted by molar-refractivity contribution is 4.94. The molecule has 84 valence electrons. The number of rotatable bonds is 5. The minimum absolute atomic E-state index is 0.139. The van der Waals surface area contributed by atoms with Crippen LogP contribution in [0.2, 0.25) is 0 Å². The molecule has 1 unspecified atom stereocenters. The van der Waals surface area contributed by atoms with Crippen molar-refractivity contribution in [2.24, 2.45) is 0 Å². The van der Waals surface area contributed by atoms with Crippen molar-refractivity contribution in [3.05, 3.63) is 18.2 Å². The Hall–Kier alpha value is -0.910. The first kappa shape index (κ1) is 10.6. The Kier molecular flexibility index (Phi) is 3.35. The minimum atomic E-state index is -0.139. The van der Waals surface area contributed by atoms with E-state index in [2.05, 4.69) is 15.3 Å². The molecule has 1 atom stereocenters. The average molecular weight is 211 g/mol. The summed E-state index contributed by atoms with van der Waals surface area (Å²) < 4.78 is 10.9. The average Bonchev–Trinajstić information content (AvgIpc) is 2.89. The van der Waals surface area contributed by atoms with Crippen molar-refractivity contribution >= 4 is 0 Å². The Morgan fingerprint density at radius 1 is 1.73 bits per heavy atom. The predicted molar refractivity (Wildman–Crippen MR) is 55.5 cm³/mol. The van der Waals surface area contributed by atoms with Gasteiger partial charge >= 0.3 is 0 Å². The van der Waals surface area contributed by atoms with Gasteiger partial charge in [-0.3, -0.25) is 0 Å². The quantitative estimate of drug-likeness (QED) is 0.735. The summed E-state index contributed by atoms with van der Waals surface area (Å²) >= 11 is 0. The van der Waals surface area contributed by atoms with E-state index in [0.717, 1.165) is 31.8 Å². The van der Waals surface area contributed by atoms with Crippen LogP contribution in [-0.2, 0) is 16.0 Å². The molecule has 0 amide bonds. The number of methoxy groups -OCH3 is 1. The summed E-state index contributed by atoms with van der Waals surface area (Å²) in [6, 6.07) is 0. The van der Waals surface area contributed by atoms with Gasteiger partial charge in [0.15, 0.2) is 0 Å². The molecule has 1 aliphatic heterocycles. The highest BCUT2D eigenvalue weighted by atomic mass is 16.5. The van der Waals surface area contributed by atoms with Gasteiger partial charge in [0.1, 0.15) is 5.60 Å². The van der Waals surface area contributed by atoms with E-state index in [1.165, 1.54) is 0 Å². The van der Waals surface area contributed by atoms with Gasteiger partial charge in [-0.05, 0) is 0 Å². The van der Waals surface area contributed by atoms with E-state index in [4.69, 9.17) is 9.47 Å². The highest BCUT2D eigenvalue weighted by Crippen LogP contribution is 2.21. The number of ether oxygens (including phenoxy) is 2. The lowest BCUT2D eigenvalue weighted by atomic mass is 10.0. The summed E-state index contributed by atoms with van der Waals surface area (Å²) in [4.78, 5) is 7.01. The summed E-state index contributed by atoms with van der Waals surface area (Å²) in [6.45, 7) is 3.06. The summed E-state index contributed by atoms with van der Waals surface area (Å²) in [7, 11) is 1.74. The second-order valence-corrected chi connectivity index (χ2v) is 3.87. The maximum atomic E-state index is 5.50. The van der Waals surface area contributed by atoms with Crippen molar-refractivity contribution in [2.45, 2.75) is 18.6 Å². The van der Waals surface area contributed by atoms with Crippen molar-refractivity contribution in [1.29, 1.82) is 0 Å². The summed E-state index contributed by atoms with van der Waals surface area (Å²) in [5.41, 5.74) is 0.945. The Morgan fingerprint density at radius 2 is 2.67 bits per heavy atom. The van der Waals surface area contributed by atoms with E-state index >= 15 is 0 Å². The van der Waals surface area contributed by atoms with Crippen LogP contribution in [0, 0.1) is 0 Å². The highest BCUT2D eigenvalue weighted by Gasteiger charge is 2.34. The first-order valence-electron chi connectivity index (χ1n) is 5.15. The van der Waals surface area contributed by atoms with Gasteiger partial charge < -0.3 is 19.8 Å². The number of hydrogen-bond donors (Lipinski definition) is 2. The molecule has 1 fully saturated rings. The Bertz CT molecular complexity index is 281. The first-order chi connectivity index (χ1) is 7.35. The molecule has 1 aromatic rings. The van der Waals surface area contributed by atoms with Crippen LogP contribution in [0.4, 0.5) is 0 Å². The van der Waals surface area contributed by atoms with E-state index in [-0.39, 0.29) is 5.60 Å². The van der Waals surface area contributed by atoms with Gasteiger partial charge in [-0.2, -0.15) is 0 Å². The van der Waals surface area contributed by atoms with Crippen LogP contribution < -0.4 is 5.32 Å². The molecule has 0 aromatic carbocycles. The smallest absolute Gasteiger partial charge is 0.106 e. The SMILES string of the molecule is COC1(CNCc2cnc[nH]2)CCOC1. The van der Waals surface area contributed by atoms with Gasteiger partial charge in [0.05, 0.1) is 12.9 Å². The lowest BCUT2D eigenvalue weighted by Gasteiger charge is -2.25. The van der Waals surface area contributed by atoms with Crippen LogP contribution in [0.3, 0.4) is 0 Å². The monoisotopic (exact) mass is 211 g/mol. The van der Waals surface area contributed by atoms with Gasteiger partial charge in [-0.25, -0.2) is 4.98 Å². The Morgan fingerprint density at radius 3 is 3.27 bits per heavy atom. The molecular formula is C10H17N3O2. The number of aromatic nitrogens is 2. The van der Waals surface area contributed by atoms with Gasteiger partial charge in [0.2, 0.25) is 0 Å². The van der Waals surface area contributed by atoms with E-state index in [1.54, 1.807) is 13.4 Å². The number of hydrogen-bond acceptors (Lipinski definition) is 4. The number of nitrogens with one attached hydrogen (secondary N) is 2. The van der Waals surface area contributed by atoms with Crippen LogP contribution in [-0.4, -0.2) is 42.4 Å². The third-order valence-corrected chi connectivity index (χ3v) is 2.82. The maximum absolute atomic E-state index is 5.50. The lowest BCUT2D eigenvalue weighted by Crippen LogP contribution is -2.42. The van der Waals surface area contributed by atoms with Crippen molar-refractivity contribution in [3.8, 4) is 0 Å². The summed E-state index contributed by atoms with van der Waals surface area (Å²) in [5, 5.41) is 3.35. The molecule has 0 aliphatic carbocycles. The fourth-order valence-corrected chi connectivity index (χ4v) is 1.77. The molecule has 15 heavy (non-hydrogen) atoms. The van der Waals surface area contributed by atoms with Crippen molar-refractivity contribution < 1.29 is 9.47 Å². The van der Waals surface area contributed by atoms with Crippen molar-refractivity contribution in [2.75, 3.05) is 26.9 Å². The molecule has 0 bridgehead atoms. The number of H-pyrrole nitrogens is 1. The fraction of sp³-hybridized carbons (Fsp3) is 0.700. The number of imidazole rings is 1. The number of nitrogens with zero attached hydrogens (tertiary/aromatic N) is 1. The van der Waals surface area contributed by atoms with Crippen LogP contribution in [0.25, 0.3) is 0 Å². The molecule has 2 rings (SSSR count). The molecule has 5 nitrogen and oxygen atoms in total. The van der Waals surface area contributed by atoms with E-state index < -0.39 is 0 Å². The first-order valence-corrected chi connectivity index (χ1v) is 5.15. The van der Waals surface area contributed by atoms with Crippen LogP contribution in [0.15, 0.2) is 12.5 Å². The molecule has 2 N–H and O–H groups in total. The largest absolute Gasteiger partial charge is 0.378 e. The zero-order chi connectivity index (χ0) is 10.6. The van der Waals surface area contributed by atoms with E-state index in [1.807, 2.05) is 6.20 Å². The molecule has 0 spiro atoms. The van der Waals surface area contributed by atoms with Gasteiger partial charge in [0.25, 0.3) is 0 Å². The molecule has 1 saturated heterocycles.